The van der Waals surface area contributed by atoms with Crippen LogP contribution < -0.4 is 5.11 Å². The van der Waals surface area contributed by atoms with E-state index in [1.54, 1.807) is 0 Å². The van der Waals surface area contributed by atoms with E-state index in [0.717, 1.165) is 18.2 Å². The lowest BCUT2D eigenvalue weighted by Gasteiger charge is -2.27. The number of hydrogen-bond donors (Lipinski definition) is 0. The number of morpholine rings is 1. The number of aliphatic imine (C=N–C) groups is 1. The summed E-state index contributed by atoms with van der Waals surface area (Å²) in [4.78, 5) is 28.4. The molecular formula is C14H12N3O5S-. The van der Waals surface area contributed by atoms with Gasteiger partial charge in [-0.15, -0.1) is 5.75 Å². The Balaban J connectivity index is 1.83. The molecule has 1 aromatic rings. The maximum absolute atomic E-state index is 12.0. The van der Waals surface area contributed by atoms with Crippen LogP contribution in [0.5, 0.6) is 5.75 Å². The van der Waals surface area contributed by atoms with Crippen LogP contribution in [0.4, 0.5) is 5.69 Å². The summed E-state index contributed by atoms with van der Waals surface area (Å²) in [6.45, 7) is 2.44. The van der Waals surface area contributed by atoms with Crippen molar-refractivity contribution in [2.24, 2.45) is 4.99 Å². The predicted molar refractivity (Wildman–Crippen MR) is 82.9 cm³/mol. The number of ether oxygens (including phenoxy) is 1. The Labute approximate surface area is 135 Å². The average Bonchev–Trinajstić information content (AvgIpc) is 2.91. The van der Waals surface area contributed by atoms with Gasteiger partial charge in [-0.1, -0.05) is 6.07 Å². The molecule has 3 rings (SSSR count). The molecule has 0 aromatic heterocycles. The van der Waals surface area contributed by atoms with Crippen molar-refractivity contribution in [3.63, 3.8) is 0 Å². The number of rotatable bonds is 2. The second-order valence-corrected chi connectivity index (χ2v) is 5.90. The van der Waals surface area contributed by atoms with Crippen molar-refractivity contribution in [3.8, 4) is 5.75 Å². The number of carbonyl (C=O) groups excluding carboxylic acids is 1. The molecule has 0 bridgehead atoms. The van der Waals surface area contributed by atoms with E-state index >= 15 is 0 Å². The minimum Gasteiger partial charge on any atom is -0.872 e. The van der Waals surface area contributed by atoms with Gasteiger partial charge in [-0.3, -0.25) is 14.9 Å². The number of benzene rings is 1. The Morgan fingerprint density at radius 3 is 2.78 bits per heavy atom. The van der Waals surface area contributed by atoms with E-state index in [9.17, 15) is 20.0 Å². The number of nitro groups is 1. The molecule has 0 unspecified atom stereocenters. The van der Waals surface area contributed by atoms with E-state index in [-0.39, 0.29) is 21.9 Å². The Morgan fingerprint density at radius 1 is 1.35 bits per heavy atom. The van der Waals surface area contributed by atoms with E-state index < -0.39 is 10.8 Å². The number of hydrogen-bond acceptors (Lipinski definition) is 7. The third-order valence-corrected chi connectivity index (χ3v) is 4.43. The van der Waals surface area contributed by atoms with Gasteiger partial charge in [0.25, 0.3) is 11.6 Å². The fourth-order valence-corrected chi connectivity index (χ4v) is 3.15. The number of amidine groups is 1. The minimum absolute atomic E-state index is 0.105. The zero-order chi connectivity index (χ0) is 16.4. The number of non-ortho nitro benzene ring substituents is 1. The smallest absolute Gasteiger partial charge is 0.286 e. The molecule has 1 aromatic carbocycles. The first-order valence-corrected chi connectivity index (χ1v) is 7.67. The summed E-state index contributed by atoms with van der Waals surface area (Å²) >= 11 is 1.17. The molecule has 1 saturated heterocycles. The van der Waals surface area contributed by atoms with Crippen molar-refractivity contribution in [3.05, 3.63) is 38.8 Å². The Hall–Kier alpha value is -2.39. The number of thioether (sulfide) groups is 1. The first-order valence-electron chi connectivity index (χ1n) is 6.85. The Morgan fingerprint density at radius 2 is 2.09 bits per heavy atom. The third-order valence-electron chi connectivity index (χ3n) is 3.38. The maximum Gasteiger partial charge on any atom is 0.286 e. The van der Waals surface area contributed by atoms with Crippen LogP contribution in [-0.2, 0) is 9.53 Å². The Bertz CT molecular complexity index is 725. The lowest BCUT2D eigenvalue weighted by atomic mass is 10.1. The molecule has 2 aliphatic rings. The molecule has 0 N–H and O–H groups in total. The van der Waals surface area contributed by atoms with Gasteiger partial charge in [0.15, 0.2) is 5.17 Å². The summed E-state index contributed by atoms with van der Waals surface area (Å²) in [5.41, 5.74) is -0.0882. The number of carbonyl (C=O) groups is 1. The zero-order valence-electron chi connectivity index (χ0n) is 11.9. The van der Waals surface area contributed by atoms with Gasteiger partial charge < -0.3 is 14.7 Å². The molecule has 1 amide bonds. The average molecular weight is 334 g/mol. The quantitative estimate of drug-likeness (QED) is 0.450. The van der Waals surface area contributed by atoms with Crippen LogP contribution in [0.25, 0.3) is 6.08 Å². The molecule has 0 spiro atoms. The second-order valence-electron chi connectivity index (χ2n) is 4.89. The SMILES string of the molecule is O=C1N=C(N2CCOCC2)S/C1=C\c1cc([N+](=O)[O-])ccc1[O-]. The summed E-state index contributed by atoms with van der Waals surface area (Å²) in [7, 11) is 0. The van der Waals surface area contributed by atoms with Crippen LogP contribution in [0.1, 0.15) is 5.56 Å². The van der Waals surface area contributed by atoms with Crippen molar-refractivity contribution in [1.29, 1.82) is 0 Å². The van der Waals surface area contributed by atoms with E-state index in [0.29, 0.717) is 31.5 Å². The standard InChI is InChI=1S/C14H13N3O5S/c18-11-2-1-10(17(20)21)7-9(11)8-12-13(19)15-14(23-12)16-3-5-22-6-4-16/h1-2,7-8,18H,3-6H2/p-1/b12-8-. The molecule has 0 radical (unpaired) electrons. The van der Waals surface area contributed by atoms with Crippen LogP contribution in [0.2, 0.25) is 0 Å². The highest BCUT2D eigenvalue weighted by Gasteiger charge is 2.27. The van der Waals surface area contributed by atoms with Crippen LogP contribution in [0.15, 0.2) is 28.1 Å². The molecular weight excluding hydrogens is 322 g/mol. The van der Waals surface area contributed by atoms with Crippen molar-refractivity contribution >= 4 is 34.6 Å². The summed E-state index contributed by atoms with van der Waals surface area (Å²) in [5, 5.41) is 23.2. The lowest BCUT2D eigenvalue weighted by molar-refractivity contribution is -0.385. The van der Waals surface area contributed by atoms with Gasteiger partial charge >= 0.3 is 0 Å². The maximum atomic E-state index is 12.0. The van der Waals surface area contributed by atoms with Crippen molar-refractivity contribution in [1.82, 2.24) is 4.90 Å². The molecule has 8 nitrogen and oxygen atoms in total. The molecule has 9 heteroatoms. The number of nitro benzene ring substituents is 1. The van der Waals surface area contributed by atoms with Gasteiger partial charge in [0.05, 0.1) is 23.0 Å². The van der Waals surface area contributed by atoms with Crippen LogP contribution >= 0.6 is 11.8 Å². The van der Waals surface area contributed by atoms with Gasteiger partial charge in [0, 0.05) is 25.2 Å². The van der Waals surface area contributed by atoms with Gasteiger partial charge in [0.2, 0.25) is 0 Å². The van der Waals surface area contributed by atoms with Crippen molar-refractivity contribution in [2.45, 2.75) is 0 Å². The van der Waals surface area contributed by atoms with Gasteiger partial charge in [0.1, 0.15) is 0 Å². The van der Waals surface area contributed by atoms with E-state index in [2.05, 4.69) is 4.99 Å². The van der Waals surface area contributed by atoms with Gasteiger partial charge in [-0.25, -0.2) is 0 Å². The monoisotopic (exact) mass is 334 g/mol. The molecule has 0 atom stereocenters. The second kappa shape index (κ2) is 6.39. The first kappa shape index (κ1) is 15.5. The fraction of sp³-hybridized carbons (Fsp3) is 0.286. The molecule has 120 valence electrons. The van der Waals surface area contributed by atoms with Crippen molar-refractivity contribution < 1.29 is 19.6 Å². The molecule has 2 aliphatic heterocycles. The van der Waals surface area contributed by atoms with E-state index in [4.69, 9.17) is 4.74 Å². The largest absolute Gasteiger partial charge is 0.872 e. The lowest BCUT2D eigenvalue weighted by Crippen LogP contribution is -2.38. The van der Waals surface area contributed by atoms with Crippen LogP contribution in [0.3, 0.4) is 0 Å². The summed E-state index contributed by atoms with van der Waals surface area (Å²) in [6.07, 6.45) is 1.36. The topological polar surface area (TPSA) is 108 Å². The van der Waals surface area contributed by atoms with Gasteiger partial charge in [-0.2, -0.15) is 4.99 Å². The highest BCUT2D eigenvalue weighted by molar-refractivity contribution is 8.18. The summed E-state index contributed by atoms with van der Waals surface area (Å²) in [6, 6.07) is 3.43. The zero-order valence-corrected chi connectivity index (χ0v) is 12.7. The van der Waals surface area contributed by atoms with Gasteiger partial charge in [-0.05, 0) is 23.4 Å². The number of amides is 1. The minimum atomic E-state index is -0.583. The third kappa shape index (κ3) is 3.35. The molecule has 23 heavy (non-hydrogen) atoms. The van der Waals surface area contributed by atoms with Crippen LogP contribution in [-0.4, -0.2) is 47.2 Å². The highest BCUT2D eigenvalue weighted by atomic mass is 32.2. The molecule has 1 fully saturated rings. The predicted octanol–water partition coefficient (Wildman–Crippen LogP) is 0.971. The van der Waals surface area contributed by atoms with Crippen molar-refractivity contribution in [2.75, 3.05) is 26.3 Å². The summed E-state index contributed by atoms with van der Waals surface area (Å²) in [5.74, 6) is -0.821. The van der Waals surface area contributed by atoms with E-state index in [1.807, 2.05) is 4.90 Å². The fourth-order valence-electron chi connectivity index (χ4n) is 2.19. The van der Waals surface area contributed by atoms with Crippen LogP contribution in [0, 0.1) is 10.1 Å². The normalized spacial score (nSPS) is 20.0. The Kier molecular flexibility index (Phi) is 4.30. The first-order chi connectivity index (χ1) is 11.0. The molecule has 0 saturated carbocycles. The summed E-state index contributed by atoms with van der Waals surface area (Å²) < 4.78 is 5.25. The highest BCUT2D eigenvalue weighted by Crippen LogP contribution is 2.32. The van der Waals surface area contributed by atoms with E-state index in [1.165, 1.54) is 17.8 Å². The molecule has 0 aliphatic carbocycles. The number of nitrogens with zero attached hydrogens (tertiary/aromatic N) is 3. The molecule has 2 heterocycles.